The lowest BCUT2D eigenvalue weighted by Crippen LogP contribution is -2.17. The lowest BCUT2D eigenvalue weighted by Gasteiger charge is -2.09. The zero-order chi connectivity index (χ0) is 22.1. The molecule has 31 heavy (non-hydrogen) atoms. The number of nitrogens with zero attached hydrogens (tertiary/aromatic N) is 5. The second-order valence-electron chi connectivity index (χ2n) is 6.51. The number of aromatic nitrogens is 4. The summed E-state index contributed by atoms with van der Waals surface area (Å²) in [5.74, 6) is 1.14. The molecule has 160 valence electrons. The van der Waals surface area contributed by atoms with Crippen LogP contribution in [0.5, 0.6) is 5.75 Å². The maximum absolute atomic E-state index is 12.3. The average Bonchev–Trinajstić information content (AvgIpc) is 2.80. The van der Waals surface area contributed by atoms with E-state index >= 15 is 0 Å². The molecule has 2 N–H and O–H groups in total. The van der Waals surface area contributed by atoms with Crippen LogP contribution in [0.2, 0.25) is 0 Å². The zero-order valence-electron chi connectivity index (χ0n) is 17.4. The first kappa shape index (κ1) is 21.8. The Kier molecular flexibility index (Phi) is 7.61. The number of aliphatic imine (C=N–C) groups is 1. The molecule has 3 aromatic rings. The summed E-state index contributed by atoms with van der Waals surface area (Å²) in [5, 5.41) is 4.41. The minimum Gasteiger partial charge on any atom is -0.488 e. The predicted molar refractivity (Wildman–Crippen MR) is 119 cm³/mol. The molecule has 0 bridgehead atoms. The second kappa shape index (κ2) is 10.8. The molecule has 3 rings (SSSR count). The van der Waals surface area contributed by atoms with Crippen molar-refractivity contribution in [3.05, 3.63) is 76.6 Å². The van der Waals surface area contributed by atoms with Gasteiger partial charge in [0.15, 0.2) is 11.6 Å². The van der Waals surface area contributed by atoms with E-state index in [9.17, 15) is 4.79 Å². The minimum absolute atomic E-state index is 0.153. The van der Waals surface area contributed by atoms with Crippen molar-refractivity contribution in [3.8, 4) is 17.1 Å². The summed E-state index contributed by atoms with van der Waals surface area (Å²) in [4.78, 5) is 25.0. The number of benzene rings is 1. The summed E-state index contributed by atoms with van der Waals surface area (Å²) >= 11 is 0. The number of hydrogen-bond donors (Lipinski definition) is 1. The largest absolute Gasteiger partial charge is 0.488 e. The summed E-state index contributed by atoms with van der Waals surface area (Å²) in [5.41, 5.74) is 8.19. The monoisotopic (exact) mass is 420 g/mol. The molecule has 2 aromatic heterocycles. The van der Waals surface area contributed by atoms with E-state index < -0.39 is 0 Å². The average molecular weight is 420 g/mol. The van der Waals surface area contributed by atoms with Crippen LogP contribution in [-0.4, -0.2) is 53.3 Å². The van der Waals surface area contributed by atoms with Crippen LogP contribution in [0.4, 0.5) is 0 Å². The molecule has 0 saturated carbocycles. The van der Waals surface area contributed by atoms with Gasteiger partial charge < -0.3 is 15.2 Å². The van der Waals surface area contributed by atoms with Gasteiger partial charge in [-0.3, -0.25) is 9.79 Å². The van der Waals surface area contributed by atoms with E-state index in [0.29, 0.717) is 42.6 Å². The SMILES string of the molecule is CN=CC(=CN)n1ccc(=O)c(Cc2cccc(-c3ncc(OCCOC)cn3)c2)n1. The Balaban J connectivity index is 1.80. The summed E-state index contributed by atoms with van der Waals surface area (Å²) in [6.07, 6.45) is 8.12. The van der Waals surface area contributed by atoms with Gasteiger partial charge in [-0.1, -0.05) is 18.2 Å². The van der Waals surface area contributed by atoms with E-state index in [4.69, 9.17) is 15.2 Å². The van der Waals surface area contributed by atoms with Crippen molar-refractivity contribution in [3.63, 3.8) is 0 Å². The number of nitrogens with two attached hydrogens (primary N) is 1. The fourth-order valence-corrected chi connectivity index (χ4v) is 2.82. The van der Waals surface area contributed by atoms with Crippen molar-refractivity contribution in [1.29, 1.82) is 0 Å². The quantitative estimate of drug-likeness (QED) is 0.414. The molecule has 9 heteroatoms. The molecule has 1 aromatic carbocycles. The number of rotatable bonds is 9. The molecule has 9 nitrogen and oxygen atoms in total. The van der Waals surface area contributed by atoms with Gasteiger partial charge in [-0.15, -0.1) is 0 Å². The highest BCUT2D eigenvalue weighted by Gasteiger charge is 2.09. The highest BCUT2D eigenvalue weighted by molar-refractivity contribution is 6.01. The van der Waals surface area contributed by atoms with E-state index in [1.54, 1.807) is 39.0 Å². The van der Waals surface area contributed by atoms with Crippen LogP contribution in [0.15, 0.2) is 64.9 Å². The van der Waals surface area contributed by atoms with E-state index in [0.717, 1.165) is 11.1 Å². The van der Waals surface area contributed by atoms with Crippen molar-refractivity contribution in [1.82, 2.24) is 19.7 Å². The fourth-order valence-electron chi connectivity index (χ4n) is 2.82. The molecule has 0 aliphatic carbocycles. The Morgan fingerprint density at radius 2 is 2.03 bits per heavy atom. The smallest absolute Gasteiger partial charge is 0.203 e. The summed E-state index contributed by atoms with van der Waals surface area (Å²) in [6.45, 7) is 0.925. The van der Waals surface area contributed by atoms with Gasteiger partial charge in [0.2, 0.25) is 5.43 Å². The molecule has 0 radical (unpaired) electrons. The molecule has 0 amide bonds. The Morgan fingerprint density at radius 1 is 1.23 bits per heavy atom. The van der Waals surface area contributed by atoms with Gasteiger partial charge in [0, 0.05) is 50.8 Å². The molecule has 2 heterocycles. The van der Waals surface area contributed by atoms with Gasteiger partial charge in [0.25, 0.3) is 0 Å². The van der Waals surface area contributed by atoms with Gasteiger partial charge in [-0.2, -0.15) is 5.10 Å². The molecule has 0 unspecified atom stereocenters. The van der Waals surface area contributed by atoms with Gasteiger partial charge in [-0.25, -0.2) is 14.6 Å². The van der Waals surface area contributed by atoms with E-state index in [2.05, 4.69) is 20.1 Å². The number of methoxy groups -OCH3 is 1. The highest BCUT2D eigenvalue weighted by Crippen LogP contribution is 2.19. The normalized spacial score (nSPS) is 11.7. The summed E-state index contributed by atoms with van der Waals surface area (Å²) in [6, 6.07) is 9.13. The van der Waals surface area contributed by atoms with E-state index in [1.807, 2.05) is 24.3 Å². The summed E-state index contributed by atoms with van der Waals surface area (Å²) in [7, 11) is 3.25. The van der Waals surface area contributed by atoms with Crippen LogP contribution in [0.3, 0.4) is 0 Å². The van der Waals surface area contributed by atoms with Crippen molar-refractivity contribution in [2.24, 2.45) is 10.7 Å². The van der Waals surface area contributed by atoms with Crippen molar-refractivity contribution in [2.75, 3.05) is 27.4 Å². The highest BCUT2D eigenvalue weighted by atomic mass is 16.5. The predicted octanol–water partition coefficient (Wildman–Crippen LogP) is 1.77. The van der Waals surface area contributed by atoms with Gasteiger partial charge >= 0.3 is 0 Å². The van der Waals surface area contributed by atoms with E-state index in [-0.39, 0.29) is 5.43 Å². The van der Waals surface area contributed by atoms with Crippen molar-refractivity contribution >= 4 is 11.9 Å². The fraction of sp³-hybridized carbons (Fsp3) is 0.227. The first-order valence-electron chi connectivity index (χ1n) is 9.61. The van der Waals surface area contributed by atoms with Crippen LogP contribution in [0.25, 0.3) is 17.1 Å². The molecular weight excluding hydrogens is 396 g/mol. The Hall–Kier alpha value is -3.85. The summed E-state index contributed by atoms with van der Waals surface area (Å²) < 4.78 is 12.0. The molecule has 0 spiro atoms. The molecule has 0 saturated heterocycles. The van der Waals surface area contributed by atoms with Gasteiger partial charge in [-0.05, 0) is 11.6 Å². The second-order valence-corrected chi connectivity index (χ2v) is 6.51. The number of allylic oxidation sites excluding steroid dienone is 1. The van der Waals surface area contributed by atoms with Crippen LogP contribution in [0, 0.1) is 0 Å². The number of ether oxygens (including phenoxy) is 2. The minimum atomic E-state index is -0.153. The molecule has 0 aliphatic rings. The van der Waals surface area contributed by atoms with Crippen molar-refractivity contribution < 1.29 is 9.47 Å². The Labute approximate surface area is 179 Å². The van der Waals surface area contributed by atoms with Crippen molar-refractivity contribution in [2.45, 2.75) is 6.42 Å². The van der Waals surface area contributed by atoms with Crippen LogP contribution < -0.4 is 15.9 Å². The standard InChI is InChI=1S/C22H24N6O3/c1-24-13-18(12-23)28-7-6-21(29)20(27-28)11-16-4-3-5-17(10-16)22-25-14-19(15-26-22)31-9-8-30-2/h3-7,10,12-15H,8-9,11,23H2,1-2H3. The van der Waals surface area contributed by atoms with Gasteiger partial charge in [0.05, 0.1) is 24.7 Å². The maximum Gasteiger partial charge on any atom is 0.203 e. The number of hydrogen-bond acceptors (Lipinski definition) is 8. The van der Waals surface area contributed by atoms with Crippen LogP contribution in [0.1, 0.15) is 11.3 Å². The molecule has 0 atom stereocenters. The Bertz CT molecular complexity index is 1120. The first-order chi connectivity index (χ1) is 15.1. The first-order valence-corrected chi connectivity index (χ1v) is 9.61. The maximum atomic E-state index is 12.3. The lowest BCUT2D eigenvalue weighted by molar-refractivity contribution is 0.146. The van der Waals surface area contributed by atoms with Gasteiger partial charge in [0.1, 0.15) is 12.3 Å². The Morgan fingerprint density at radius 3 is 2.74 bits per heavy atom. The van der Waals surface area contributed by atoms with Crippen LogP contribution in [-0.2, 0) is 11.2 Å². The lowest BCUT2D eigenvalue weighted by atomic mass is 10.1. The molecule has 0 aliphatic heterocycles. The third-order valence-electron chi connectivity index (χ3n) is 4.32. The third-order valence-corrected chi connectivity index (χ3v) is 4.32. The molecule has 0 fully saturated rings. The molecular formula is C22H24N6O3. The zero-order valence-corrected chi connectivity index (χ0v) is 17.4. The van der Waals surface area contributed by atoms with Crippen LogP contribution >= 0.6 is 0 Å². The van der Waals surface area contributed by atoms with E-state index in [1.165, 1.54) is 16.9 Å². The third kappa shape index (κ3) is 5.83. The topological polar surface area (TPSA) is 118 Å².